The molecule has 0 amide bonds. The van der Waals surface area contributed by atoms with Gasteiger partial charge in [-0.3, -0.25) is 9.13 Å². The fourth-order valence-corrected chi connectivity index (χ4v) is 6.73. The number of imidazole rings is 2. The molecule has 4 aromatic heterocycles. The van der Waals surface area contributed by atoms with Gasteiger partial charge in [0, 0.05) is 6.61 Å². The molecule has 0 aliphatic carbocycles. The minimum absolute atomic E-state index is 0.0877. The van der Waals surface area contributed by atoms with Crippen molar-refractivity contribution in [3.8, 4) is 0 Å². The lowest BCUT2D eigenvalue weighted by Gasteiger charge is -2.16. The Morgan fingerprint density at radius 2 is 1.31 bits per heavy atom. The molecule has 0 bridgehead atoms. The Morgan fingerprint density at radius 1 is 0.787 bits per heavy atom. The quantitative estimate of drug-likeness (QED) is 0.0531. The lowest BCUT2D eigenvalue weighted by molar-refractivity contribution is -0.0511. The normalized spacial score (nSPS) is 23.3. The highest BCUT2D eigenvalue weighted by atomic mass is 35.5. The molecular weight excluding hydrogens is 845 g/mol. The van der Waals surface area contributed by atoms with E-state index >= 15 is 0 Å². The van der Waals surface area contributed by atoms with Crippen LogP contribution in [0.1, 0.15) is 35.3 Å². The predicted molar refractivity (Wildman–Crippen MR) is 218 cm³/mol. The molecule has 0 radical (unpaired) electrons. The molecule has 22 nitrogen and oxygen atoms in total. The summed E-state index contributed by atoms with van der Waals surface area (Å²) >= 11 is 12.5. The van der Waals surface area contributed by atoms with Crippen LogP contribution < -0.4 is 16.8 Å². The second kappa shape index (κ2) is 20.0. The number of hydrogen-bond donors (Lipinski definition) is 9. The van der Waals surface area contributed by atoms with Crippen LogP contribution in [-0.4, -0.2) is 139 Å². The zero-order chi connectivity index (χ0) is 44.0. The van der Waals surface area contributed by atoms with Gasteiger partial charge in [0.2, 0.25) is 0 Å². The lowest BCUT2D eigenvalue weighted by Crippen LogP contribution is -2.33. The Balaban J connectivity index is 0.000000154. The van der Waals surface area contributed by atoms with Gasteiger partial charge in [0.25, 0.3) is 0 Å². The van der Waals surface area contributed by atoms with Gasteiger partial charge in [-0.25, -0.2) is 34.7 Å². The van der Waals surface area contributed by atoms with Crippen LogP contribution in [-0.2, 0) is 18.9 Å². The van der Waals surface area contributed by atoms with Crippen molar-refractivity contribution >= 4 is 74.5 Å². The molecule has 11 N–H and O–H groups in total. The van der Waals surface area contributed by atoms with Gasteiger partial charge in [-0.05, 0) is 37.6 Å². The fraction of sp³-hybridized carbons (Fsp3) is 0.378. The van der Waals surface area contributed by atoms with Gasteiger partial charge in [0.1, 0.15) is 60.3 Å². The van der Waals surface area contributed by atoms with Gasteiger partial charge in [0.15, 0.2) is 42.2 Å². The molecule has 0 unspecified atom stereocenters. The minimum Gasteiger partial charge on any atom is -0.435 e. The summed E-state index contributed by atoms with van der Waals surface area (Å²) in [5, 5.41) is 61.6. The number of aryl methyl sites for hydroxylation is 1. The molecule has 8 rings (SSSR count). The third-order valence-corrected chi connectivity index (χ3v) is 10.3. The number of nitrogen functional groups attached to an aromatic ring is 2. The zero-order valence-electron chi connectivity index (χ0n) is 32.4. The van der Waals surface area contributed by atoms with Crippen LogP contribution in [0.3, 0.4) is 0 Å². The third-order valence-electron chi connectivity index (χ3n) is 9.53. The molecule has 0 saturated carbocycles. The number of aromatic nitrogens is 8. The van der Waals surface area contributed by atoms with E-state index in [2.05, 4.69) is 35.2 Å². The van der Waals surface area contributed by atoms with Crippen LogP contribution in [0.5, 0.6) is 0 Å². The van der Waals surface area contributed by atoms with Gasteiger partial charge >= 0.3 is 5.97 Å². The van der Waals surface area contributed by atoms with Gasteiger partial charge in [0.05, 0.1) is 52.9 Å². The molecule has 2 aromatic carbocycles. The Labute approximate surface area is 356 Å². The van der Waals surface area contributed by atoms with Crippen LogP contribution in [0.4, 0.5) is 23.0 Å². The van der Waals surface area contributed by atoms with Gasteiger partial charge in [-0.2, -0.15) is 0 Å². The number of aliphatic hydroxyl groups is 6. The maximum Gasteiger partial charge on any atom is 0.342 e. The molecule has 2 fully saturated rings. The van der Waals surface area contributed by atoms with Crippen molar-refractivity contribution in [2.75, 3.05) is 43.4 Å². The molecule has 8 atom stereocenters. The van der Waals surface area contributed by atoms with E-state index in [1.54, 1.807) is 30.3 Å². The van der Waals surface area contributed by atoms with E-state index in [9.17, 15) is 25.2 Å². The SMILES string of the molecule is CCOCOC(=O)c1ccccc1Nc1c(Cl)ccc(C)c1Cl.Nc1ncnc2c1ncn2[C@@H]1O[C@H](CO)[C@@H](O)[C@H]1O.Nc1ncnc2c1ncn2[C@@H]1O[C@H](CO)[C@@H](O)[C@H]1O. The summed E-state index contributed by atoms with van der Waals surface area (Å²) in [6.45, 7) is 3.31. The summed E-state index contributed by atoms with van der Waals surface area (Å²) in [4.78, 5) is 35.9. The first-order chi connectivity index (χ1) is 29.3. The van der Waals surface area contributed by atoms with Gasteiger partial charge in [-0.1, -0.05) is 41.4 Å². The first-order valence-electron chi connectivity index (χ1n) is 18.5. The van der Waals surface area contributed by atoms with E-state index in [1.807, 2.05) is 19.9 Å². The van der Waals surface area contributed by atoms with Crippen molar-refractivity contribution in [3.63, 3.8) is 0 Å². The van der Waals surface area contributed by atoms with Gasteiger partial charge < -0.3 is 66.4 Å². The van der Waals surface area contributed by atoms with Crippen molar-refractivity contribution in [2.45, 2.75) is 62.9 Å². The molecule has 2 saturated heterocycles. The van der Waals surface area contributed by atoms with Crippen LogP contribution >= 0.6 is 23.2 Å². The molecule has 61 heavy (non-hydrogen) atoms. The summed E-state index contributed by atoms with van der Waals surface area (Å²) in [7, 11) is 0. The number of esters is 1. The van der Waals surface area contributed by atoms with E-state index in [0.29, 0.717) is 55.9 Å². The molecule has 2 aliphatic heterocycles. The van der Waals surface area contributed by atoms with Gasteiger partial charge in [-0.15, -0.1) is 0 Å². The molecule has 326 valence electrons. The number of carbonyl (C=O) groups is 1. The third kappa shape index (κ3) is 9.59. The zero-order valence-corrected chi connectivity index (χ0v) is 33.9. The van der Waals surface area contributed by atoms with Crippen molar-refractivity contribution < 1.29 is 54.4 Å². The average molecular weight is 889 g/mol. The first-order valence-corrected chi connectivity index (χ1v) is 19.2. The predicted octanol–water partition coefficient (Wildman–Crippen LogP) is 1.24. The van der Waals surface area contributed by atoms with Crippen LogP contribution in [0.25, 0.3) is 22.3 Å². The number of ether oxygens (including phenoxy) is 4. The van der Waals surface area contributed by atoms with E-state index in [1.165, 1.54) is 34.4 Å². The minimum atomic E-state index is -1.19. The summed E-state index contributed by atoms with van der Waals surface area (Å²) in [5.41, 5.74) is 15.3. The number of nitrogens with one attached hydrogen (secondary N) is 1. The standard InChI is InChI=1S/C17H17Cl2NO3.2C10H13N5O4/c1-3-22-10-23-17(21)12-6-4-5-7-14(12)20-16-13(18)9-8-11(2)15(16)19;2*11-8-5-9(13-2-12-8)15(3-14-5)10-7(18)6(17)4(1-16)19-10/h4-9,20H,3,10H2,1-2H3;2*2-4,6-7,10,16-18H,1H2,(H2,11,12,13)/t;2*4-,6-,7-,10-/m.11/s1. The summed E-state index contributed by atoms with van der Waals surface area (Å²) in [6.07, 6.45) is -2.85. The maximum atomic E-state index is 12.2. The highest BCUT2D eigenvalue weighted by Gasteiger charge is 2.45. The van der Waals surface area contributed by atoms with Crippen molar-refractivity contribution in [1.29, 1.82) is 0 Å². The van der Waals surface area contributed by atoms with Crippen LogP contribution in [0, 0.1) is 6.92 Å². The topological polar surface area (TPSA) is 327 Å². The summed E-state index contributed by atoms with van der Waals surface area (Å²) in [5.74, 6) is -0.0487. The highest BCUT2D eigenvalue weighted by molar-refractivity contribution is 6.39. The number of carbonyl (C=O) groups excluding carboxylic acids is 1. The second-order valence-electron chi connectivity index (χ2n) is 13.4. The number of rotatable bonds is 10. The highest BCUT2D eigenvalue weighted by Crippen LogP contribution is 2.37. The summed E-state index contributed by atoms with van der Waals surface area (Å²) in [6, 6.07) is 10.6. The molecule has 6 heterocycles. The summed E-state index contributed by atoms with van der Waals surface area (Å²) < 4.78 is 23.8. The van der Waals surface area contributed by atoms with Crippen LogP contribution in [0.2, 0.25) is 10.0 Å². The number of hydrogen-bond acceptors (Lipinski definition) is 20. The molecular formula is C37H43Cl2N11O11. The van der Waals surface area contributed by atoms with E-state index < -0.39 is 68.3 Å². The Bertz CT molecular complexity index is 2340. The average Bonchev–Trinajstić information content (AvgIpc) is 4.03. The monoisotopic (exact) mass is 887 g/mol. The molecule has 0 spiro atoms. The largest absolute Gasteiger partial charge is 0.435 e. The number of nitrogens with two attached hydrogens (primary N) is 2. The van der Waals surface area contributed by atoms with Crippen molar-refractivity contribution in [1.82, 2.24) is 39.0 Å². The van der Waals surface area contributed by atoms with E-state index in [4.69, 9.17) is 63.8 Å². The molecule has 6 aromatic rings. The Hall–Kier alpha value is -5.37. The van der Waals surface area contributed by atoms with Crippen LogP contribution in [0.15, 0.2) is 61.7 Å². The number of aliphatic hydroxyl groups excluding tert-OH is 6. The number of benzene rings is 2. The van der Waals surface area contributed by atoms with Crippen molar-refractivity contribution in [3.05, 3.63) is 82.9 Å². The lowest BCUT2D eigenvalue weighted by atomic mass is 10.1. The number of nitrogens with zero attached hydrogens (tertiary/aromatic N) is 8. The van der Waals surface area contributed by atoms with Crippen molar-refractivity contribution in [2.24, 2.45) is 0 Å². The molecule has 24 heteroatoms. The smallest absolute Gasteiger partial charge is 0.342 e. The molecule has 2 aliphatic rings. The fourth-order valence-electron chi connectivity index (χ4n) is 6.26. The number of para-hydroxylation sites is 1. The number of anilines is 4. The number of halogens is 2. The second-order valence-corrected chi connectivity index (χ2v) is 14.2. The van der Waals surface area contributed by atoms with E-state index in [0.717, 1.165) is 5.56 Å². The number of fused-ring (bicyclic) bond motifs is 2. The first kappa shape index (κ1) is 45.2. The maximum absolute atomic E-state index is 12.2. The van der Waals surface area contributed by atoms with E-state index in [-0.39, 0.29) is 18.4 Å². The Kier molecular flexibility index (Phi) is 14.8. The Morgan fingerprint density at radius 3 is 1.80 bits per heavy atom.